The van der Waals surface area contributed by atoms with Crippen molar-refractivity contribution < 1.29 is 14.2 Å². The molecule has 0 atom stereocenters. The molecule has 0 fully saturated rings. The molecule has 1 heterocycles. The van der Waals surface area contributed by atoms with E-state index < -0.39 is 0 Å². The Kier molecular flexibility index (Phi) is 6.62. The van der Waals surface area contributed by atoms with Gasteiger partial charge in [-0.15, -0.1) is 11.3 Å². The van der Waals surface area contributed by atoms with Gasteiger partial charge in [0.05, 0.1) is 33.2 Å². The molecule has 158 valence electrons. The van der Waals surface area contributed by atoms with Gasteiger partial charge in [0, 0.05) is 29.6 Å². The first-order chi connectivity index (χ1) is 14.4. The van der Waals surface area contributed by atoms with Crippen LogP contribution in [0, 0.1) is 20.8 Å². The minimum atomic E-state index is 0.602. The molecule has 0 aliphatic rings. The van der Waals surface area contributed by atoms with E-state index in [0.29, 0.717) is 17.2 Å². The summed E-state index contributed by atoms with van der Waals surface area (Å²) in [4.78, 5) is 5.20. The monoisotopic (exact) mass is 425 g/mol. The summed E-state index contributed by atoms with van der Waals surface area (Å²) in [6.45, 7) is 6.37. The maximum Gasteiger partial charge on any atom is 0.205 e. The number of rotatable bonds is 6. The van der Waals surface area contributed by atoms with Crippen LogP contribution >= 0.6 is 11.3 Å². The van der Waals surface area contributed by atoms with Crippen LogP contribution < -0.4 is 19.0 Å². The molecule has 0 N–H and O–H groups in total. The first-order valence-corrected chi connectivity index (χ1v) is 10.4. The SMILES string of the molecule is CN=c1scc(-c2cc(C)c(C)cc2C)n1N=Cc1cc(OC)c(OC)cc1OC. The number of hydrogen-bond donors (Lipinski definition) is 0. The zero-order valence-electron chi connectivity index (χ0n) is 18.4. The fourth-order valence-corrected chi connectivity index (χ4v) is 4.05. The van der Waals surface area contributed by atoms with Gasteiger partial charge in [0.2, 0.25) is 4.80 Å². The maximum absolute atomic E-state index is 5.52. The summed E-state index contributed by atoms with van der Waals surface area (Å²) in [5, 5.41) is 6.83. The second-order valence-corrected chi connectivity index (χ2v) is 7.72. The van der Waals surface area contributed by atoms with Crippen molar-refractivity contribution in [1.82, 2.24) is 4.68 Å². The molecule has 0 saturated heterocycles. The smallest absolute Gasteiger partial charge is 0.205 e. The fourth-order valence-electron chi connectivity index (χ4n) is 3.26. The van der Waals surface area contributed by atoms with Gasteiger partial charge in [0.1, 0.15) is 5.75 Å². The summed E-state index contributed by atoms with van der Waals surface area (Å²) in [5.74, 6) is 1.86. The van der Waals surface area contributed by atoms with Crippen molar-refractivity contribution >= 4 is 17.6 Å². The van der Waals surface area contributed by atoms with Crippen molar-refractivity contribution in [2.24, 2.45) is 10.1 Å². The molecule has 0 saturated carbocycles. The summed E-state index contributed by atoms with van der Waals surface area (Å²) >= 11 is 1.56. The lowest BCUT2D eigenvalue weighted by Gasteiger charge is -2.12. The number of aromatic nitrogens is 1. The molecular weight excluding hydrogens is 398 g/mol. The number of hydrogen-bond acceptors (Lipinski definition) is 6. The van der Waals surface area contributed by atoms with Crippen LogP contribution in [0.2, 0.25) is 0 Å². The number of benzene rings is 2. The molecular formula is C23H27N3O3S. The van der Waals surface area contributed by atoms with Gasteiger partial charge in [-0.1, -0.05) is 6.07 Å². The Morgan fingerprint density at radius 2 is 1.47 bits per heavy atom. The molecule has 0 spiro atoms. The van der Waals surface area contributed by atoms with Crippen LogP contribution in [-0.2, 0) is 0 Å². The lowest BCUT2D eigenvalue weighted by atomic mass is 9.99. The van der Waals surface area contributed by atoms with Gasteiger partial charge in [-0.3, -0.25) is 4.99 Å². The van der Waals surface area contributed by atoms with Crippen molar-refractivity contribution in [3.63, 3.8) is 0 Å². The van der Waals surface area contributed by atoms with Gasteiger partial charge in [0.25, 0.3) is 0 Å². The van der Waals surface area contributed by atoms with Crippen molar-refractivity contribution in [3.8, 4) is 28.5 Å². The molecule has 6 nitrogen and oxygen atoms in total. The Morgan fingerprint density at radius 3 is 2.10 bits per heavy atom. The molecule has 0 bridgehead atoms. The van der Waals surface area contributed by atoms with E-state index in [0.717, 1.165) is 21.6 Å². The van der Waals surface area contributed by atoms with Crippen LogP contribution in [0.15, 0.2) is 39.7 Å². The van der Waals surface area contributed by atoms with Crippen LogP contribution in [0.1, 0.15) is 22.3 Å². The fraction of sp³-hybridized carbons (Fsp3) is 0.304. The predicted molar refractivity (Wildman–Crippen MR) is 123 cm³/mol. The average molecular weight is 426 g/mol. The molecule has 2 aromatic carbocycles. The van der Waals surface area contributed by atoms with Gasteiger partial charge < -0.3 is 14.2 Å². The van der Waals surface area contributed by atoms with Crippen LogP contribution in [0.5, 0.6) is 17.2 Å². The number of ether oxygens (including phenoxy) is 3. The molecule has 0 aliphatic heterocycles. The summed E-state index contributed by atoms with van der Waals surface area (Å²) < 4.78 is 18.2. The third-order valence-electron chi connectivity index (χ3n) is 5.04. The Hall–Kier alpha value is -3.06. The molecule has 0 aliphatic carbocycles. The molecule has 1 aromatic heterocycles. The highest BCUT2D eigenvalue weighted by Crippen LogP contribution is 2.34. The topological polar surface area (TPSA) is 57.3 Å². The highest BCUT2D eigenvalue weighted by Gasteiger charge is 2.13. The van der Waals surface area contributed by atoms with Crippen LogP contribution in [-0.4, -0.2) is 39.3 Å². The predicted octanol–water partition coefficient (Wildman–Crippen LogP) is 4.58. The van der Waals surface area contributed by atoms with E-state index in [4.69, 9.17) is 19.3 Å². The van der Waals surface area contributed by atoms with E-state index in [9.17, 15) is 0 Å². The Labute approximate surface area is 181 Å². The van der Waals surface area contributed by atoms with Crippen molar-refractivity contribution in [2.75, 3.05) is 28.4 Å². The first kappa shape index (κ1) is 21.6. The molecule has 0 radical (unpaired) electrons. The molecule has 3 rings (SSSR count). The molecule has 0 unspecified atom stereocenters. The normalized spacial score (nSPS) is 11.9. The van der Waals surface area contributed by atoms with E-state index >= 15 is 0 Å². The molecule has 30 heavy (non-hydrogen) atoms. The highest BCUT2D eigenvalue weighted by molar-refractivity contribution is 7.07. The lowest BCUT2D eigenvalue weighted by molar-refractivity contribution is 0.349. The van der Waals surface area contributed by atoms with Crippen LogP contribution in [0.4, 0.5) is 0 Å². The highest BCUT2D eigenvalue weighted by atomic mass is 32.1. The van der Waals surface area contributed by atoms with Crippen molar-refractivity contribution in [2.45, 2.75) is 20.8 Å². The van der Waals surface area contributed by atoms with Gasteiger partial charge in [-0.25, -0.2) is 4.68 Å². The number of aryl methyl sites for hydroxylation is 3. The Morgan fingerprint density at radius 1 is 0.833 bits per heavy atom. The maximum atomic E-state index is 5.52. The van der Waals surface area contributed by atoms with Crippen molar-refractivity contribution in [1.29, 1.82) is 0 Å². The summed E-state index contributed by atoms with van der Waals surface area (Å²) in [6.07, 6.45) is 1.75. The first-order valence-electron chi connectivity index (χ1n) is 9.49. The molecule has 0 amide bonds. The number of methoxy groups -OCH3 is 3. The molecule has 3 aromatic rings. The van der Waals surface area contributed by atoms with Crippen LogP contribution in [0.3, 0.4) is 0 Å². The third-order valence-corrected chi connectivity index (χ3v) is 5.95. The van der Waals surface area contributed by atoms with Gasteiger partial charge >= 0.3 is 0 Å². The summed E-state index contributed by atoms with van der Waals surface area (Å²) in [6, 6.07) is 8.04. The number of thiazole rings is 1. The van der Waals surface area contributed by atoms with E-state index in [1.165, 1.54) is 16.7 Å². The largest absolute Gasteiger partial charge is 0.496 e. The Bertz CT molecular complexity index is 1160. The van der Waals surface area contributed by atoms with Gasteiger partial charge in [0.15, 0.2) is 11.5 Å². The number of nitrogens with zero attached hydrogens (tertiary/aromatic N) is 3. The van der Waals surface area contributed by atoms with E-state index in [1.54, 1.807) is 52.0 Å². The van der Waals surface area contributed by atoms with Crippen molar-refractivity contribution in [3.05, 3.63) is 56.7 Å². The van der Waals surface area contributed by atoms with E-state index in [-0.39, 0.29) is 0 Å². The van der Waals surface area contributed by atoms with Crippen LogP contribution in [0.25, 0.3) is 11.3 Å². The van der Waals surface area contributed by atoms with E-state index in [2.05, 4.69) is 43.3 Å². The second kappa shape index (κ2) is 9.17. The molecule has 7 heteroatoms. The zero-order chi connectivity index (χ0) is 21.8. The zero-order valence-corrected chi connectivity index (χ0v) is 19.3. The van der Waals surface area contributed by atoms with Gasteiger partial charge in [-0.2, -0.15) is 5.10 Å². The summed E-state index contributed by atoms with van der Waals surface area (Å²) in [7, 11) is 6.59. The van der Waals surface area contributed by atoms with E-state index in [1.807, 2.05) is 10.7 Å². The standard InChI is InChI=1S/C23H27N3O3S/c1-14-8-16(3)18(9-15(14)2)19-13-30-23(24-4)26(19)25-12-17-10-21(28-6)22(29-7)11-20(17)27-5/h8-13H,1-7H3. The minimum Gasteiger partial charge on any atom is -0.496 e. The quantitative estimate of drug-likeness (QED) is 0.543. The minimum absolute atomic E-state index is 0.602. The third kappa shape index (κ3) is 4.11. The Balaban J connectivity index is 2.14. The lowest BCUT2D eigenvalue weighted by Crippen LogP contribution is -2.12. The van der Waals surface area contributed by atoms with Gasteiger partial charge in [-0.05, 0) is 49.6 Å². The second-order valence-electron chi connectivity index (χ2n) is 6.88. The summed E-state index contributed by atoms with van der Waals surface area (Å²) in [5.41, 5.74) is 6.63. The average Bonchev–Trinajstić information content (AvgIpc) is 3.16.